The molecule has 0 saturated heterocycles. The van der Waals surface area contributed by atoms with Crippen LogP contribution in [-0.4, -0.2) is 20.2 Å². The van der Waals surface area contributed by atoms with E-state index in [1.807, 2.05) is 0 Å². The van der Waals surface area contributed by atoms with Crippen LogP contribution in [0.1, 0.15) is 31.8 Å². The summed E-state index contributed by atoms with van der Waals surface area (Å²) in [6, 6.07) is 17.5. The van der Waals surface area contributed by atoms with Crippen LogP contribution >= 0.6 is 11.6 Å². The Kier molecular flexibility index (Phi) is 7.14. The van der Waals surface area contributed by atoms with Crippen LogP contribution in [0.15, 0.2) is 71.6 Å². The van der Waals surface area contributed by atoms with Gasteiger partial charge in [0.15, 0.2) is 0 Å². The molecule has 0 unspecified atom stereocenters. The number of benzene rings is 3. The molecule has 0 aliphatic rings. The van der Waals surface area contributed by atoms with Crippen molar-refractivity contribution < 1.29 is 22.7 Å². The maximum Gasteiger partial charge on any atom is 0.270 e. The molecule has 4 N–H and O–H groups in total. The Labute approximate surface area is 190 Å². The van der Waals surface area contributed by atoms with Crippen molar-refractivity contribution in [3.8, 4) is 5.75 Å². The fourth-order valence-corrected chi connectivity index (χ4v) is 3.39. The van der Waals surface area contributed by atoms with Crippen LogP contribution in [0.3, 0.4) is 0 Å². The van der Waals surface area contributed by atoms with Gasteiger partial charge in [-0.05, 0) is 66.6 Å². The molecule has 0 bridgehead atoms. The van der Waals surface area contributed by atoms with Crippen LogP contribution in [0.5, 0.6) is 5.75 Å². The monoisotopic (exact) mass is 473 g/mol. The lowest BCUT2D eigenvalue weighted by molar-refractivity contribution is 0.0846. The zero-order valence-electron chi connectivity index (χ0n) is 17.0. The zero-order valence-corrected chi connectivity index (χ0v) is 18.5. The number of nitrogens with two attached hydrogens (primary N) is 1. The molecule has 8 nitrogen and oxygen atoms in total. The van der Waals surface area contributed by atoms with E-state index in [1.165, 1.54) is 12.1 Å². The molecule has 0 heterocycles. The first-order valence-electron chi connectivity index (χ1n) is 9.35. The minimum Gasteiger partial charge on any atom is -0.489 e. The summed E-state index contributed by atoms with van der Waals surface area (Å²) >= 11 is 5.84. The van der Waals surface area contributed by atoms with Crippen LogP contribution in [0.2, 0.25) is 5.02 Å². The highest BCUT2D eigenvalue weighted by Crippen LogP contribution is 2.17. The Hall–Kier alpha value is -3.40. The summed E-state index contributed by atoms with van der Waals surface area (Å²) in [5, 5.41) is 5.72. The SMILES string of the molecule is Cc1ccc(S(N)(=O)=O)cc1C(=O)NNC(=O)c1ccc(COc2ccc(Cl)cc2)cc1. The number of hydrogen-bond acceptors (Lipinski definition) is 5. The summed E-state index contributed by atoms with van der Waals surface area (Å²) in [6.45, 7) is 1.94. The molecule has 10 heteroatoms. The lowest BCUT2D eigenvalue weighted by atomic mass is 10.1. The molecule has 32 heavy (non-hydrogen) atoms. The van der Waals surface area contributed by atoms with Crippen molar-refractivity contribution in [1.82, 2.24) is 10.9 Å². The van der Waals surface area contributed by atoms with Crippen LogP contribution in [-0.2, 0) is 16.6 Å². The quantitative estimate of drug-likeness (QED) is 0.474. The molecule has 3 aromatic carbocycles. The molecule has 2 amide bonds. The van der Waals surface area contributed by atoms with Crippen molar-refractivity contribution in [1.29, 1.82) is 0 Å². The molecule has 0 spiro atoms. The van der Waals surface area contributed by atoms with Crippen LogP contribution in [0, 0.1) is 6.92 Å². The number of carbonyl (C=O) groups is 2. The zero-order chi connectivity index (χ0) is 23.3. The Bertz CT molecular complexity index is 1240. The second-order valence-electron chi connectivity index (χ2n) is 6.87. The van der Waals surface area contributed by atoms with Crippen molar-refractivity contribution >= 4 is 33.4 Å². The third-order valence-electron chi connectivity index (χ3n) is 4.51. The van der Waals surface area contributed by atoms with Gasteiger partial charge in [-0.2, -0.15) is 0 Å². The predicted octanol–water partition coefficient (Wildman–Crippen LogP) is 2.95. The van der Waals surface area contributed by atoms with E-state index in [0.29, 0.717) is 28.5 Å². The van der Waals surface area contributed by atoms with Gasteiger partial charge in [0.25, 0.3) is 11.8 Å². The lowest BCUT2D eigenvalue weighted by Crippen LogP contribution is -2.42. The third kappa shape index (κ3) is 6.07. The van der Waals surface area contributed by atoms with E-state index >= 15 is 0 Å². The summed E-state index contributed by atoms with van der Waals surface area (Å²) in [5.41, 5.74) is 6.33. The van der Waals surface area contributed by atoms with Crippen molar-refractivity contribution in [3.05, 3.63) is 94.0 Å². The predicted molar refractivity (Wildman–Crippen MR) is 120 cm³/mol. The molecule has 0 fully saturated rings. The van der Waals surface area contributed by atoms with E-state index in [4.69, 9.17) is 21.5 Å². The largest absolute Gasteiger partial charge is 0.489 e. The molecule has 0 aromatic heterocycles. The second kappa shape index (κ2) is 9.82. The summed E-state index contributed by atoms with van der Waals surface area (Å²) < 4.78 is 28.7. The molecule has 0 atom stereocenters. The van der Waals surface area contributed by atoms with E-state index in [-0.39, 0.29) is 10.5 Å². The molecule has 3 aromatic rings. The number of aryl methyl sites for hydroxylation is 1. The topological polar surface area (TPSA) is 128 Å². The highest BCUT2D eigenvalue weighted by Gasteiger charge is 2.16. The average Bonchev–Trinajstić information content (AvgIpc) is 2.76. The van der Waals surface area contributed by atoms with Crippen LogP contribution in [0.25, 0.3) is 0 Å². The van der Waals surface area contributed by atoms with Crippen molar-refractivity contribution in [2.24, 2.45) is 5.14 Å². The van der Waals surface area contributed by atoms with E-state index < -0.39 is 21.8 Å². The number of ether oxygens (including phenoxy) is 1. The molecule has 0 radical (unpaired) electrons. The van der Waals surface area contributed by atoms with Crippen molar-refractivity contribution in [2.75, 3.05) is 0 Å². The van der Waals surface area contributed by atoms with Gasteiger partial charge >= 0.3 is 0 Å². The Morgan fingerprint density at radius 3 is 2.19 bits per heavy atom. The van der Waals surface area contributed by atoms with Gasteiger partial charge < -0.3 is 4.74 Å². The molecular weight excluding hydrogens is 454 g/mol. The number of hydrogen-bond donors (Lipinski definition) is 3. The normalized spacial score (nSPS) is 11.0. The lowest BCUT2D eigenvalue weighted by Gasteiger charge is -2.11. The fourth-order valence-electron chi connectivity index (χ4n) is 2.73. The molecule has 0 aliphatic carbocycles. The van der Waals surface area contributed by atoms with Crippen LogP contribution < -0.4 is 20.7 Å². The van der Waals surface area contributed by atoms with Crippen LogP contribution in [0.4, 0.5) is 0 Å². The minimum atomic E-state index is -3.96. The van der Waals surface area contributed by atoms with Gasteiger partial charge in [-0.25, -0.2) is 13.6 Å². The Morgan fingerprint density at radius 1 is 0.938 bits per heavy atom. The maximum absolute atomic E-state index is 12.4. The minimum absolute atomic E-state index is 0.0755. The van der Waals surface area contributed by atoms with Gasteiger partial charge in [-0.3, -0.25) is 20.4 Å². The Balaban J connectivity index is 1.58. The van der Waals surface area contributed by atoms with Gasteiger partial charge in [-0.15, -0.1) is 0 Å². The first-order chi connectivity index (χ1) is 15.1. The molecule has 3 rings (SSSR count). The standard InChI is InChI=1S/C22H20ClN3O5S/c1-14-2-11-19(32(24,29)30)12-20(14)22(28)26-25-21(27)16-5-3-15(4-6-16)13-31-18-9-7-17(23)8-10-18/h2-12H,13H2,1H3,(H,25,27)(H,26,28)(H2,24,29,30). The smallest absolute Gasteiger partial charge is 0.270 e. The maximum atomic E-state index is 12.4. The molecule has 166 valence electrons. The van der Waals surface area contributed by atoms with Crippen molar-refractivity contribution in [2.45, 2.75) is 18.4 Å². The summed E-state index contributed by atoms with van der Waals surface area (Å²) in [4.78, 5) is 24.5. The number of nitrogens with one attached hydrogen (secondary N) is 2. The van der Waals surface area contributed by atoms with E-state index in [9.17, 15) is 18.0 Å². The van der Waals surface area contributed by atoms with Gasteiger partial charge in [-0.1, -0.05) is 29.8 Å². The first-order valence-corrected chi connectivity index (χ1v) is 11.3. The number of rotatable bonds is 6. The third-order valence-corrected chi connectivity index (χ3v) is 5.67. The number of hydrazine groups is 1. The average molecular weight is 474 g/mol. The fraction of sp³-hybridized carbons (Fsp3) is 0.0909. The van der Waals surface area contributed by atoms with Gasteiger partial charge in [0.05, 0.1) is 4.90 Å². The number of primary sulfonamides is 1. The molecule has 0 saturated carbocycles. The molecule has 0 aliphatic heterocycles. The number of carbonyl (C=O) groups excluding carboxylic acids is 2. The van der Waals surface area contributed by atoms with E-state index in [0.717, 1.165) is 11.6 Å². The number of amides is 2. The summed E-state index contributed by atoms with van der Waals surface area (Å²) in [6.07, 6.45) is 0. The number of halogens is 1. The van der Waals surface area contributed by atoms with Gasteiger partial charge in [0.2, 0.25) is 10.0 Å². The highest BCUT2D eigenvalue weighted by molar-refractivity contribution is 7.89. The van der Waals surface area contributed by atoms with Gasteiger partial charge in [0, 0.05) is 16.1 Å². The van der Waals surface area contributed by atoms with E-state index in [1.54, 1.807) is 55.5 Å². The summed E-state index contributed by atoms with van der Waals surface area (Å²) in [5.74, 6) is -0.543. The van der Waals surface area contributed by atoms with Crippen molar-refractivity contribution in [3.63, 3.8) is 0 Å². The summed E-state index contributed by atoms with van der Waals surface area (Å²) in [7, 11) is -3.96. The Morgan fingerprint density at radius 2 is 1.56 bits per heavy atom. The molecular formula is C22H20ClN3O5S. The van der Waals surface area contributed by atoms with E-state index in [2.05, 4.69) is 10.9 Å². The number of sulfonamides is 1. The highest BCUT2D eigenvalue weighted by atomic mass is 35.5. The second-order valence-corrected chi connectivity index (χ2v) is 8.87. The van der Waals surface area contributed by atoms with Gasteiger partial charge in [0.1, 0.15) is 12.4 Å². The first kappa shape index (κ1) is 23.3.